The maximum Gasteiger partial charge on any atom is 0.335 e. The van der Waals surface area contributed by atoms with Crippen molar-refractivity contribution < 1.29 is 14.7 Å². The van der Waals surface area contributed by atoms with Crippen molar-refractivity contribution in [2.24, 2.45) is 0 Å². The van der Waals surface area contributed by atoms with Crippen molar-refractivity contribution in [3.8, 4) is 0 Å². The number of aromatic carboxylic acids is 1. The summed E-state index contributed by atoms with van der Waals surface area (Å²) in [4.78, 5) is 23.7. The Kier molecular flexibility index (Phi) is 4.95. The summed E-state index contributed by atoms with van der Waals surface area (Å²) in [5, 5.41) is 16.5. The van der Waals surface area contributed by atoms with Crippen LogP contribution in [0.1, 0.15) is 26.3 Å². The van der Waals surface area contributed by atoms with Crippen LogP contribution in [0.25, 0.3) is 10.8 Å². The third-order valence-electron chi connectivity index (χ3n) is 3.99. The largest absolute Gasteiger partial charge is 0.478 e. The number of amides is 1. The average Bonchev–Trinajstić information content (AvgIpc) is 2.62. The Morgan fingerprint density at radius 2 is 1.73 bits per heavy atom. The fourth-order valence-electron chi connectivity index (χ4n) is 2.64. The summed E-state index contributed by atoms with van der Waals surface area (Å²) in [6, 6.07) is 17.7. The number of hydrogen-bond acceptors (Lipinski definition) is 3. The van der Waals surface area contributed by atoms with Gasteiger partial charge in [0, 0.05) is 11.3 Å². The van der Waals surface area contributed by atoms with Crippen molar-refractivity contribution in [3.05, 3.63) is 77.4 Å². The van der Waals surface area contributed by atoms with Crippen molar-refractivity contribution in [3.63, 3.8) is 0 Å². The number of carboxylic acid groups (broad SMARTS) is 1. The molecule has 0 unspecified atom stereocenters. The molecule has 0 aliphatic rings. The molecule has 0 spiro atoms. The molecule has 0 aromatic heterocycles. The van der Waals surface area contributed by atoms with Gasteiger partial charge in [-0.1, -0.05) is 42.5 Å². The first-order valence-corrected chi connectivity index (χ1v) is 8.30. The van der Waals surface area contributed by atoms with Gasteiger partial charge in [0.05, 0.1) is 5.56 Å². The van der Waals surface area contributed by atoms with Crippen LogP contribution in [0.15, 0.2) is 60.7 Å². The molecule has 5 nitrogen and oxygen atoms in total. The van der Waals surface area contributed by atoms with Gasteiger partial charge in [-0.2, -0.15) is 0 Å². The van der Waals surface area contributed by atoms with Crippen LogP contribution in [0.2, 0.25) is 0 Å². The normalized spacial score (nSPS) is 10.3. The molecule has 130 valence electrons. The number of carboxylic acids is 1. The number of carbonyl (C=O) groups excluding carboxylic acids is 1. The quantitative estimate of drug-likeness (QED) is 0.613. The number of rotatable bonds is 3. The Morgan fingerprint density at radius 1 is 1.00 bits per heavy atom. The van der Waals surface area contributed by atoms with Gasteiger partial charge in [-0.25, -0.2) is 4.79 Å². The first-order valence-electron chi connectivity index (χ1n) is 7.90. The molecular weight excluding hydrogens is 348 g/mol. The monoisotopic (exact) mass is 364 g/mol. The molecule has 3 N–H and O–H groups in total. The summed E-state index contributed by atoms with van der Waals surface area (Å²) in [6.45, 7) is 1.82. The molecular formula is C20H16N2O3S. The predicted octanol–water partition coefficient (Wildman–Crippen LogP) is 3.97. The lowest BCUT2D eigenvalue weighted by atomic mass is 10.0. The number of aryl methyl sites for hydroxylation is 1. The summed E-state index contributed by atoms with van der Waals surface area (Å²) >= 11 is 5.21. The van der Waals surface area contributed by atoms with E-state index in [0.717, 1.165) is 16.3 Å². The number of hydrogen-bond donors (Lipinski definition) is 3. The first kappa shape index (κ1) is 17.6. The molecule has 0 saturated heterocycles. The molecule has 0 aliphatic heterocycles. The van der Waals surface area contributed by atoms with Crippen LogP contribution in [-0.2, 0) is 0 Å². The van der Waals surface area contributed by atoms with Gasteiger partial charge in [0.1, 0.15) is 0 Å². The third-order valence-corrected chi connectivity index (χ3v) is 4.20. The highest BCUT2D eigenvalue weighted by Crippen LogP contribution is 2.19. The molecule has 0 radical (unpaired) electrons. The Labute approximate surface area is 155 Å². The lowest BCUT2D eigenvalue weighted by molar-refractivity contribution is 0.0696. The van der Waals surface area contributed by atoms with Gasteiger partial charge in [0.15, 0.2) is 5.11 Å². The van der Waals surface area contributed by atoms with Crippen molar-refractivity contribution >= 4 is 45.7 Å². The Hall–Kier alpha value is -3.25. The highest BCUT2D eigenvalue weighted by Gasteiger charge is 2.13. The summed E-state index contributed by atoms with van der Waals surface area (Å²) in [6.07, 6.45) is 0. The van der Waals surface area contributed by atoms with E-state index in [4.69, 9.17) is 17.3 Å². The molecule has 3 rings (SSSR count). The standard InChI is InChI=1S/C20H16N2O3S/c1-12-9-10-14(19(24)25)11-17(12)21-20(26)22-18(23)16-8-4-6-13-5-2-3-7-15(13)16/h2-11H,1H3,(H,24,25)(H2,21,22,23,26). The average molecular weight is 364 g/mol. The van der Waals surface area contributed by atoms with E-state index in [9.17, 15) is 9.59 Å². The van der Waals surface area contributed by atoms with Crippen LogP contribution in [0.4, 0.5) is 5.69 Å². The molecule has 3 aromatic rings. The molecule has 0 saturated carbocycles. The Morgan fingerprint density at radius 3 is 2.50 bits per heavy atom. The first-order chi connectivity index (χ1) is 12.5. The smallest absolute Gasteiger partial charge is 0.335 e. The fourth-order valence-corrected chi connectivity index (χ4v) is 2.84. The molecule has 1 amide bonds. The number of nitrogens with one attached hydrogen (secondary N) is 2. The van der Waals surface area contributed by atoms with E-state index in [1.807, 2.05) is 43.3 Å². The van der Waals surface area contributed by atoms with E-state index in [0.29, 0.717) is 11.3 Å². The summed E-state index contributed by atoms with van der Waals surface area (Å²) in [5.74, 6) is -1.36. The summed E-state index contributed by atoms with van der Waals surface area (Å²) in [7, 11) is 0. The summed E-state index contributed by atoms with van der Waals surface area (Å²) in [5.41, 5.74) is 2.01. The minimum atomic E-state index is -1.03. The molecule has 6 heteroatoms. The second-order valence-electron chi connectivity index (χ2n) is 5.77. The maximum atomic E-state index is 12.6. The van der Waals surface area contributed by atoms with Crippen LogP contribution in [-0.4, -0.2) is 22.1 Å². The molecule has 3 aromatic carbocycles. The molecule has 0 fully saturated rings. The van der Waals surface area contributed by atoms with Crippen LogP contribution in [0, 0.1) is 6.92 Å². The number of anilines is 1. The fraction of sp³-hybridized carbons (Fsp3) is 0.0500. The van der Waals surface area contributed by atoms with Gasteiger partial charge >= 0.3 is 5.97 Å². The molecule has 0 bridgehead atoms. The second-order valence-corrected chi connectivity index (χ2v) is 6.18. The molecule has 26 heavy (non-hydrogen) atoms. The molecule has 0 heterocycles. The Balaban J connectivity index is 1.79. The number of benzene rings is 3. The van der Waals surface area contributed by atoms with Crippen LogP contribution in [0.3, 0.4) is 0 Å². The zero-order chi connectivity index (χ0) is 18.7. The lowest BCUT2D eigenvalue weighted by Crippen LogP contribution is -2.34. The third kappa shape index (κ3) is 3.70. The van der Waals surface area contributed by atoms with Gasteiger partial charge in [-0.05, 0) is 53.7 Å². The van der Waals surface area contributed by atoms with Crippen molar-refractivity contribution in [2.75, 3.05) is 5.32 Å². The van der Waals surface area contributed by atoms with Gasteiger partial charge in [0.2, 0.25) is 0 Å². The van der Waals surface area contributed by atoms with Crippen LogP contribution >= 0.6 is 12.2 Å². The van der Waals surface area contributed by atoms with Crippen molar-refractivity contribution in [1.29, 1.82) is 0 Å². The highest BCUT2D eigenvalue weighted by atomic mass is 32.1. The highest BCUT2D eigenvalue weighted by molar-refractivity contribution is 7.80. The topological polar surface area (TPSA) is 78.4 Å². The van der Waals surface area contributed by atoms with Crippen molar-refractivity contribution in [2.45, 2.75) is 6.92 Å². The van der Waals surface area contributed by atoms with Gasteiger partial charge in [-0.15, -0.1) is 0 Å². The number of thiocarbonyl (C=S) groups is 1. The SMILES string of the molecule is Cc1ccc(C(=O)O)cc1NC(=S)NC(=O)c1cccc2ccccc12. The van der Waals surface area contributed by atoms with Crippen LogP contribution < -0.4 is 10.6 Å². The minimum absolute atomic E-state index is 0.105. The molecule has 0 aliphatic carbocycles. The minimum Gasteiger partial charge on any atom is -0.478 e. The molecule has 0 atom stereocenters. The maximum absolute atomic E-state index is 12.6. The van der Waals surface area contributed by atoms with E-state index in [2.05, 4.69) is 10.6 Å². The van der Waals surface area contributed by atoms with Gasteiger partial charge in [-0.3, -0.25) is 10.1 Å². The van der Waals surface area contributed by atoms with Crippen LogP contribution in [0.5, 0.6) is 0 Å². The Bertz CT molecular complexity index is 1030. The zero-order valence-corrected chi connectivity index (χ0v) is 14.8. The van der Waals surface area contributed by atoms with Gasteiger partial charge in [0.25, 0.3) is 5.91 Å². The zero-order valence-electron chi connectivity index (χ0n) is 13.9. The van der Waals surface area contributed by atoms with Gasteiger partial charge < -0.3 is 10.4 Å². The van der Waals surface area contributed by atoms with E-state index in [-0.39, 0.29) is 16.6 Å². The number of fused-ring (bicyclic) bond motifs is 1. The summed E-state index contributed by atoms with van der Waals surface area (Å²) < 4.78 is 0. The second kappa shape index (κ2) is 7.33. The van der Waals surface area contributed by atoms with E-state index in [1.54, 1.807) is 12.1 Å². The number of carbonyl (C=O) groups is 2. The predicted molar refractivity (Wildman–Crippen MR) is 106 cm³/mol. The van der Waals surface area contributed by atoms with E-state index in [1.165, 1.54) is 12.1 Å². The van der Waals surface area contributed by atoms with E-state index < -0.39 is 5.97 Å². The lowest BCUT2D eigenvalue weighted by Gasteiger charge is -2.13. The van der Waals surface area contributed by atoms with E-state index >= 15 is 0 Å². The van der Waals surface area contributed by atoms with Crippen molar-refractivity contribution in [1.82, 2.24) is 5.32 Å².